The van der Waals surface area contributed by atoms with Gasteiger partial charge in [-0.2, -0.15) is 0 Å². The summed E-state index contributed by atoms with van der Waals surface area (Å²) in [5.74, 6) is 0.920. The molecular weight excluding hydrogens is 387 g/mol. The Labute approximate surface area is 154 Å². The van der Waals surface area contributed by atoms with Gasteiger partial charge in [-0.3, -0.25) is 4.99 Å². The number of hydrogen-bond acceptors (Lipinski definition) is 2. The third-order valence-electron chi connectivity index (χ3n) is 4.45. The predicted octanol–water partition coefficient (Wildman–Crippen LogP) is 3.39. The zero-order valence-corrected chi connectivity index (χ0v) is 17.2. The molecule has 4 nitrogen and oxygen atoms in total. The maximum atomic E-state index is 4.29. The molecule has 1 rings (SSSR count). The van der Waals surface area contributed by atoms with Gasteiger partial charge >= 0.3 is 0 Å². The Balaban J connectivity index is 0.00000441. The average Bonchev–Trinajstić information content (AvgIpc) is 2.53. The molecule has 0 bridgehead atoms. The molecule has 0 fully saturated rings. The molecule has 2 N–H and O–H groups in total. The van der Waals surface area contributed by atoms with E-state index in [0.29, 0.717) is 6.04 Å². The quantitative estimate of drug-likeness (QED) is 0.273. The van der Waals surface area contributed by atoms with E-state index in [2.05, 4.69) is 47.5 Å². The van der Waals surface area contributed by atoms with Gasteiger partial charge in [-0.25, -0.2) is 0 Å². The Kier molecular flexibility index (Phi) is 13.0. The van der Waals surface area contributed by atoms with Gasteiger partial charge in [0.2, 0.25) is 0 Å². The summed E-state index contributed by atoms with van der Waals surface area (Å²) in [4.78, 5) is 6.67. The van der Waals surface area contributed by atoms with Crippen LogP contribution in [0.5, 0.6) is 0 Å². The van der Waals surface area contributed by atoms with Crippen LogP contribution in [0.1, 0.15) is 52.4 Å². The maximum Gasteiger partial charge on any atom is 0.191 e. The van der Waals surface area contributed by atoms with Gasteiger partial charge in [0.25, 0.3) is 0 Å². The SMILES string of the molecule is CCC(C)N(C)CCNC(=NC)NCCC1=CCCCC1.I. The highest BCUT2D eigenvalue weighted by Gasteiger charge is 2.07. The second-order valence-electron chi connectivity index (χ2n) is 6.02. The summed E-state index contributed by atoms with van der Waals surface area (Å²) in [6, 6.07) is 0.639. The lowest BCUT2D eigenvalue weighted by molar-refractivity contribution is 0.255. The summed E-state index contributed by atoms with van der Waals surface area (Å²) in [7, 11) is 4.02. The van der Waals surface area contributed by atoms with Gasteiger partial charge in [-0.15, -0.1) is 24.0 Å². The molecule has 130 valence electrons. The monoisotopic (exact) mass is 422 g/mol. The van der Waals surface area contributed by atoms with Crippen LogP contribution in [-0.2, 0) is 0 Å². The van der Waals surface area contributed by atoms with Crippen molar-refractivity contribution in [3.05, 3.63) is 11.6 Å². The van der Waals surface area contributed by atoms with Crippen LogP contribution in [0.15, 0.2) is 16.6 Å². The normalized spacial score (nSPS) is 16.8. The van der Waals surface area contributed by atoms with Crippen molar-refractivity contribution in [3.8, 4) is 0 Å². The summed E-state index contributed by atoms with van der Waals surface area (Å²) in [5.41, 5.74) is 1.61. The van der Waals surface area contributed by atoms with Crippen molar-refractivity contribution in [2.75, 3.05) is 33.7 Å². The fourth-order valence-electron chi connectivity index (χ4n) is 2.58. The molecule has 22 heavy (non-hydrogen) atoms. The van der Waals surface area contributed by atoms with E-state index in [4.69, 9.17) is 0 Å². The van der Waals surface area contributed by atoms with Crippen LogP contribution < -0.4 is 10.6 Å². The minimum atomic E-state index is 0. The third-order valence-corrected chi connectivity index (χ3v) is 4.45. The number of allylic oxidation sites excluding steroid dienone is 1. The number of guanidine groups is 1. The van der Waals surface area contributed by atoms with E-state index in [0.717, 1.165) is 32.0 Å². The summed E-state index contributed by atoms with van der Waals surface area (Å²) >= 11 is 0. The zero-order valence-electron chi connectivity index (χ0n) is 14.8. The first-order valence-electron chi connectivity index (χ1n) is 8.50. The molecule has 0 aromatic rings. The summed E-state index contributed by atoms with van der Waals surface area (Å²) in [6.45, 7) is 7.46. The molecule has 1 aliphatic carbocycles. The van der Waals surface area contributed by atoms with Crippen LogP contribution in [0.25, 0.3) is 0 Å². The van der Waals surface area contributed by atoms with Crippen molar-refractivity contribution in [2.24, 2.45) is 4.99 Å². The highest BCUT2D eigenvalue weighted by atomic mass is 127. The van der Waals surface area contributed by atoms with Gasteiger partial charge in [0.1, 0.15) is 0 Å². The number of likely N-dealkylation sites (N-methyl/N-ethyl adjacent to an activating group) is 1. The van der Waals surface area contributed by atoms with Gasteiger partial charge in [0, 0.05) is 32.7 Å². The first-order valence-corrected chi connectivity index (χ1v) is 8.50. The maximum absolute atomic E-state index is 4.29. The van der Waals surface area contributed by atoms with Crippen molar-refractivity contribution in [1.82, 2.24) is 15.5 Å². The van der Waals surface area contributed by atoms with Crippen molar-refractivity contribution in [1.29, 1.82) is 0 Å². The van der Waals surface area contributed by atoms with Crippen LogP contribution in [0.3, 0.4) is 0 Å². The predicted molar refractivity (Wildman–Crippen MR) is 108 cm³/mol. The van der Waals surface area contributed by atoms with Gasteiger partial charge in [-0.05, 0) is 52.5 Å². The Morgan fingerprint density at radius 1 is 1.32 bits per heavy atom. The second-order valence-corrected chi connectivity index (χ2v) is 6.02. The number of nitrogens with one attached hydrogen (secondary N) is 2. The second kappa shape index (κ2) is 13.2. The van der Waals surface area contributed by atoms with Crippen LogP contribution >= 0.6 is 24.0 Å². The van der Waals surface area contributed by atoms with E-state index in [1.807, 2.05) is 7.05 Å². The van der Waals surface area contributed by atoms with Gasteiger partial charge in [0.15, 0.2) is 5.96 Å². The molecule has 0 aliphatic heterocycles. The van der Waals surface area contributed by atoms with Crippen LogP contribution in [0, 0.1) is 0 Å². The van der Waals surface area contributed by atoms with Crippen molar-refractivity contribution in [2.45, 2.75) is 58.4 Å². The van der Waals surface area contributed by atoms with E-state index in [1.165, 1.54) is 32.1 Å². The highest BCUT2D eigenvalue weighted by molar-refractivity contribution is 14.0. The van der Waals surface area contributed by atoms with Crippen LogP contribution in [0.2, 0.25) is 0 Å². The van der Waals surface area contributed by atoms with Gasteiger partial charge in [-0.1, -0.05) is 18.6 Å². The van der Waals surface area contributed by atoms with E-state index in [-0.39, 0.29) is 24.0 Å². The lowest BCUT2D eigenvalue weighted by atomic mass is 9.97. The Bertz CT molecular complexity index is 342. The molecule has 0 aromatic carbocycles. The molecular formula is C17H35IN4. The van der Waals surface area contributed by atoms with Crippen LogP contribution in [0.4, 0.5) is 0 Å². The molecule has 1 unspecified atom stereocenters. The number of rotatable bonds is 8. The Hall–Kier alpha value is -0.300. The zero-order chi connectivity index (χ0) is 15.5. The molecule has 1 atom stereocenters. The average molecular weight is 422 g/mol. The number of halogens is 1. The first-order chi connectivity index (χ1) is 10.2. The molecule has 0 amide bonds. The fourth-order valence-corrected chi connectivity index (χ4v) is 2.58. The Morgan fingerprint density at radius 2 is 2.05 bits per heavy atom. The fraction of sp³-hybridized carbons (Fsp3) is 0.824. The van der Waals surface area contributed by atoms with E-state index < -0.39 is 0 Å². The highest BCUT2D eigenvalue weighted by Crippen LogP contribution is 2.19. The molecule has 0 aromatic heterocycles. The van der Waals surface area contributed by atoms with Crippen molar-refractivity contribution < 1.29 is 0 Å². The smallest absolute Gasteiger partial charge is 0.191 e. The van der Waals surface area contributed by atoms with Gasteiger partial charge < -0.3 is 15.5 Å². The molecule has 0 saturated carbocycles. The van der Waals surface area contributed by atoms with E-state index in [1.54, 1.807) is 5.57 Å². The van der Waals surface area contributed by atoms with Crippen LogP contribution in [-0.4, -0.2) is 50.6 Å². The van der Waals surface area contributed by atoms with E-state index in [9.17, 15) is 0 Å². The van der Waals surface area contributed by atoms with Crippen molar-refractivity contribution in [3.63, 3.8) is 0 Å². The molecule has 5 heteroatoms. The third kappa shape index (κ3) is 8.98. The number of aliphatic imine (C=N–C) groups is 1. The first kappa shape index (κ1) is 21.7. The lowest BCUT2D eigenvalue weighted by Gasteiger charge is -2.24. The molecule has 0 spiro atoms. The summed E-state index contributed by atoms with van der Waals surface area (Å²) in [6.07, 6.45) is 10.0. The summed E-state index contributed by atoms with van der Waals surface area (Å²) in [5, 5.41) is 6.81. The minimum Gasteiger partial charge on any atom is -0.356 e. The standard InChI is InChI=1S/C17H34N4.HI/c1-5-15(2)21(4)14-13-20-17(18-3)19-12-11-16-9-7-6-8-10-16;/h9,15H,5-8,10-14H2,1-4H3,(H2,18,19,20);1H. The lowest BCUT2D eigenvalue weighted by Crippen LogP contribution is -2.42. The van der Waals surface area contributed by atoms with E-state index >= 15 is 0 Å². The molecule has 0 radical (unpaired) electrons. The topological polar surface area (TPSA) is 39.7 Å². The molecule has 0 saturated heterocycles. The minimum absolute atomic E-state index is 0. The Morgan fingerprint density at radius 3 is 2.64 bits per heavy atom. The number of hydrogen-bond donors (Lipinski definition) is 2. The molecule has 0 heterocycles. The summed E-state index contributed by atoms with van der Waals surface area (Å²) < 4.78 is 0. The van der Waals surface area contributed by atoms with Gasteiger partial charge in [0.05, 0.1) is 0 Å². The van der Waals surface area contributed by atoms with Crippen molar-refractivity contribution >= 4 is 29.9 Å². The molecule has 1 aliphatic rings. The largest absolute Gasteiger partial charge is 0.356 e. The number of nitrogens with zero attached hydrogens (tertiary/aromatic N) is 2.